The van der Waals surface area contributed by atoms with Crippen LogP contribution in [0, 0.1) is 23.2 Å². The van der Waals surface area contributed by atoms with Crippen LogP contribution in [-0.2, 0) is 4.79 Å². The van der Waals surface area contributed by atoms with E-state index in [0.29, 0.717) is 30.1 Å². The van der Waals surface area contributed by atoms with Crippen molar-refractivity contribution >= 4 is 11.8 Å². The molecule has 5 nitrogen and oxygen atoms in total. The van der Waals surface area contributed by atoms with Gasteiger partial charge >= 0.3 is 0 Å². The summed E-state index contributed by atoms with van der Waals surface area (Å²) in [5.41, 5.74) is 0.995. The molecule has 1 atom stereocenters. The van der Waals surface area contributed by atoms with E-state index in [9.17, 15) is 9.59 Å². The zero-order chi connectivity index (χ0) is 16.2. The second-order valence-electron chi connectivity index (χ2n) is 6.47. The Morgan fingerprint density at radius 1 is 1.30 bits per heavy atom. The van der Waals surface area contributed by atoms with Crippen LogP contribution in [0.5, 0.6) is 0 Å². The Labute approximate surface area is 136 Å². The highest BCUT2D eigenvalue weighted by Gasteiger charge is 2.30. The van der Waals surface area contributed by atoms with Crippen LogP contribution < -0.4 is 5.32 Å². The van der Waals surface area contributed by atoms with Crippen LogP contribution in [0.1, 0.15) is 41.6 Å². The van der Waals surface area contributed by atoms with Gasteiger partial charge in [0.25, 0.3) is 5.91 Å². The van der Waals surface area contributed by atoms with Gasteiger partial charge in [0.05, 0.1) is 17.6 Å². The molecule has 120 valence electrons. The van der Waals surface area contributed by atoms with Crippen molar-refractivity contribution in [3.8, 4) is 6.07 Å². The van der Waals surface area contributed by atoms with Crippen molar-refractivity contribution in [1.29, 1.82) is 5.26 Å². The van der Waals surface area contributed by atoms with E-state index in [1.54, 1.807) is 29.2 Å². The van der Waals surface area contributed by atoms with Gasteiger partial charge in [-0.15, -0.1) is 0 Å². The molecule has 2 amide bonds. The fraction of sp³-hybridized carbons (Fsp3) is 0.500. The van der Waals surface area contributed by atoms with Crippen molar-refractivity contribution in [2.24, 2.45) is 11.8 Å². The van der Waals surface area contributed by atoms with Crippen LogP contribution in [-0.4, -0.2) is 36.3 Å². The van der Waals surface area contributed by atoms with Gasteiger partial charge in [0.1, 0.15) is 0 Å². The molecule has 3 rings (SSSR count). The van der Waals surface area contributed by atoms with E-state index in [1.807, 2.05) is 0 Å². The van der Waals surface area contributed by atoms with Crippen molar-refractivity contribution < 1.29 is 9.59 Å². The molecule has 1 unspecified atom stereocenters. The summed E-state index contributed by atoms with van der Waals surface area (Å²) < 4.78 is 0. The summed E-state index contributed by atoms with van der Waals surface area (Å²) in [5, 5.41) is 12.0. The second kappa shape index (κ2) is 6.82. The minimum Gasteiger partial charge on any atom is -0.356 e. The maximum Gasteiger partial charge on any atom is 0.253 e. The summed E-state index contributed by atoms with van der Waals surface area (Å²) in [4.78, 5) is 26.6. The fourth-order valence-electron chi connectivity index (χ4n) is 2.99. The van der Waals surface area contributed by atoms with E-state index >= 15 is 0 Å². The molecule has 1 saturated heterocycles. The fourth-order valence-corrected chi connectivity index (χ4v) is 2.99. The number of hydrogen-bond donors (Lipinski definition) is 1. The van der Waals surface area contributed by atoms with Crippen LogP contribution in [0.25, 0.3) is 0 Å². The molecular formula is C18H21N3O2. The van der Waals surface area contributed by atoms with Gasteiger partial charge in [0.2, 0.25) is 5.91 Å². The Morgan fingerprint density at radius 2 is 2.13 bits per heavy atom. The third-order valence-electron chi connectivity index (χ3n) is 4.58. The Kier molecular flexibility index (Phi) is 4.61. The van der Waals surface area contributed by atoms with Crippen molar-refractivity contribution in [3.63, 3.8) is 0 Å². The Morgan fingerprint density at radius 3 is 2.87 bits per heavy atom. The maximum absolute atomic E-state index is 12.6. The van der Waals surface area contributed by atoms with Gasteiger partial charge in [0.15, 0.2) is 0 Å². The van der Waals surface area contributed by atoms with E-state index in [-0.39, 0.29) is 17.7 Å². The highest BCUT2D eigenvalue weighted by Crippen LogP contribution is 2.28. The Hall–Kier alpha value is -2.35. The van der Waals surface area contributed by atoms with Gasteiger partial charge in [0, 0.05) is 25.2 Å². The van der Waals surface area contributed by atoms with Gasteiger partial charge in [-0.05, 0) is 49.8 Å². The monoisotopic (exact) mass is 311 g/mol. The molecule has 1 saturated carbocycles. The molecule has 1 aromatic rings. The Balaban J connectivity index is 1.61. The number of hydrogen-bond acceptors (Lipinski definition) is 3. The molecule has 5 heteroatoms. The number of carbonyl (C=O) groups excluding carboxylic acids is 2. The van der Waals surface area contributed by atoms with Crippen LogP contribution in [0.15, 0.2) is 24.3 Å². The SMILES string of the molecule is N#Cc1cccc(C(=O)N2CCCC(C(=O)NCC3CC3)C2)c1. The maximum atomic E-state index is 12.6. The van der Waals surface area contributed by atoms with E-state index in [2.05, 4.69) is 11.4 Å². The third kappa shape index (κ3) is 3.89. The van der Waals surface area contributed by atoms with Crippen molar-refractivity contribution in [2.45, 2.75) is 25.7 Å². The average molecular weight is 311 g/mol. The largest absolute Gasteiger partial charge is 0.356 e. The predicted octanol–water partition coefficient (Wildman–Crippen LogP) is 1.94. The van der Waals surface area contributed by atoms with Crippen LogP contribution in [0.3, 0.4) is 0 Å². The molecule has 0 spiro atoms. The Bertz CT molecular complexity index is 646. The molecule has 1 aliphatic heterocycles. The van der Waals surface area contributed by atoms with Gasteiger partial charge in [-0.3, -0.25) is 9.59 Å². The molecule has 1 aromatic carbocycles. The van der Waals surface area contributed by atoms with Gasteiger partial charge in [-0.1, -0.05) is 6.07 Å². The zero-order valence-electron chi connectivity index (χ0n) is 13.1. The van der Waals surface area contributed by atoms with E-state index in [1.165, 1.54) is 12.8 Å². The topological polar surface area (TPSA) is 73.2 Å². The number of nitrogens with one attached hydrogen (secondary N) is 1. The molecule has 23 heavy (non-hydrogen) atoms. The van der Waals surface area contributed by atoms with Crippen LogP contribution >= 0.6 is 0 Å². The molecule has 1 aliphatic carbocycles. The molecule has 2 fully saturated rings. The van der Waals surface area contributed by atoms with Gasteiger partial charge < -0.3 is 10.2 Å². The summed E-state index contributed by atoms with van der Waals surface area (Å²) in [6, 6.07) is 8.78. The minimum absolute atomic E-state index is 0.0696. The summed E-state index contributed by atoms with van der Waals surface area (Å²) in [6.45, 7) is 1.90. The van der Waals surface area contributed by atoms with Gasteiger partial charge in [-0.2, -0.15) is 5.26 Å². The quantitative estimate of drug-likeness (QED) is 0.923. The number of nitriles is 1. The first-order valence-electron chi connectivity index (χ1n) is 8.24. The lowest BCUT2D eigenvalue weighted by Gasteiger charge is -2.32. The second-order valence-corrected chi connectivity index (χ2v) is 6.47. The van der Waals surface area contributed by atoms with E-state index in [0.717, 1.165) is 19.4 Å². The number of piperidine rings is 1. The lowest BCUT2D eigenvalue weighted by Crippen LogP contribution is -2.45. The van der Waals surface area contributed by atoms with Crippen molar-refractivity contribution in [2.75, 3.05) is 19.6 Å². The molecule has 0 bridgehead atoms. The standard InChI is InChI=1S/C18H21N3O2/c19-10-14-3-1-4-15(9-14)18(23)21-8-2-5-16(12-21)17(22)20-11-13-6-7-13/h1,3-4,9,13,16H,2,5-8,11-12H2,(H,20,22). The molecule has 0 aromatic heterocycles. The number of nitrogens with zero attached hydrogens (tertiary/aromatic N) is 2. The molecule has 1 N–H and O–H groups in total. The predicted molar refractivity (Wildman–Crippen MR) is 85.5 cm³/mol. The molecule has 0 radical (unpaired) electrons. The normalized spacial score (nSPS) is 20.7. The molecule has 2 aliphatic rings. The summed E-state index contributed by atoms with van der Waals surface area (Å²) in [5.74, 6) is 0.515. The highest BCUT2D eigenvalue weighted by molar-refractivity contribution is 5.95. The summed E-state index contributed by atoms with van der Waals surface area (Å²) in [7, 11) is 0. The third-order valence-corrected chi connectivity index (χ3v) is 4.58. The lowest BCUT2D eigenvalue weighted by molar-refractivity contribution is -0.126. The molecule has 1 heterocycles. The number of likely N-dealkylation sites (tertiary alicyclic amines) is 1. The summed E-state index contributed by atoms with van der Waals surface area (Å²) >= 11 is 0. The first-order valence-corrected chi connectivity index (χ1v) is 8.24. The average Bonchev–Trinajstić information content (AvgIpc) is 3.43. The van der Waals surface area contributed by atoms with Crippen molar-refractivity contribution in [3.05, 3.63) is 35.4 Å². The van der Waals surface area contributed by atoms with E-state index in [4.69, 9.17) is 5.26 Å². The number of rotatable bonds is 4. The first kappa shape index (κ1) is 15.5. The number of benzene rings is 1. The molecular weight excluding hydrogens is 290 g/mol. The number of carbonyl (C=O) groups is 2. The minimum atomic E-state index is -0.120. The number of amides is 2. The first-order chi connectivity index (χ1) is 11.2. The van der Waals surface area contributed by atoms with E-state index < -0.39 is 0 Å². The summed E-state index contributed by atoms with van der Waals surface area (Å²) in [6.07, 6.45) is 4.10. The zero-order valence-corrected chi connectivity index (χ0v) is 13.1. The van der Waals surface area contributed by atoms with Crippen LogP contribution in [0.2, 0.25) is 0 Å². The van der Waals surface area contributed by atoms with Crippen LogP contribution in [0.4, 0.5) is 0 Å². The highest BCUT2D eigenvalue weighted by atomic mass is 16.2. The lowest BCUT2D eigenvalue weighted by atomic mass is 9.96. The van der Waals surface area contributed by atoms with Gasteiger partial charge in [-0.25, -0.2) is 0 Å². The van der Waals surface area contributed by atoms with Crippen molar-refractivity contribution in [1.82, 2.24) is 10.2 Å². The smallest absolute Gasteiger partial charge is 0.253 e.